The van der Waals surface area contributed by atoms with E-state index in [1.54, 1.807) is 0 Å². The minimum atomic E-state index is -0.583. The summed E-state index contributed by atoms with van der Waals surface area (Å²) in [6.45, 7) is 0.859. The van der Waals surface area contributed by atoms with E-state index < -0.39 is 11.9 Å². The Morgan fingerprint density at radius 3 is 3.11 bits per heavy atom. The maximum atomic E-state index is 13.5. The quantitative estimate of drug-likeness (QED) is 0.529. The summed E-state index contributed by atoms with van der Waals surface area (Å²) >= 11 is 0. The van der Waals surface area contributed by atoms with Crippen molar-refractivity contribution < 1.29 is 19.0 Å². The lowest BCUT2D eigenvalue weighted by atomic mass is 10.1. The highest BCUT2D eigenvalue weighted by atomic mass is 19.1. The smallest absolute Gasteiger partial charge is 0.256 e. The highest BCUT2D eigenvalue weighted by Crippen LogP contribution is 2.21. The van der Waals surface area contributed by atoms with Crippen LogP contribution >= 0.6 is 0 Å². The number of carbonyl (C=O) groups is 1. The Labute approximate surface area is 109 Å². The molecular weight excluding hydrogens is 253 g/mol. The predicted octanol–water partition coefficient (Wildman–Crippen LogP) is -0.0554. The first kappa shape index (κ1) is 13.7. The van der Waals surface area contributed by atoms with Gasteiger partial charge in [0.05, 0.1) is 30.6 Å². The van der Waals surface area contributed by atoms with Crippen molar-refractivity contribution in [3.05, 3.63) is 29.6 Å². The lowest BCUT2D eigenvalue weighted by Crippen LogP contribution is -2.47. The number of anilines is 1. The Kier molecular flexibility index (Phi) is 4.31. The Hall–Kier alpha value is -1.70. The highest BCUT2D eigenvalue weighted by Gasteiger charge is 2.26. The number of hydrogen-bond donors (Lipinski definition) is 3. The first-order chi connectivity index (χ1) is 9.17. The van der Waals surface area contributed by atoms with Crippen LogP contribution in [-0.2, 0) is 4.74 Å². The second kappa shape index (κ2) is 5.96. The molecule has 0 radical (unpaired) electrons. The van der Waals surface area contributed by atoms with E-state index >= 15 is 0 Å². The maximum Gasteiger partial charge on any atom is 0.256 e. The second-order valence-corrected chi connectivity index (χ2v) is 4.23. The van der Waals surface area contributed by atoms with Gasteiger partial charge >= 0.3 is 0 Å². The van der Waals surface area contributed by atoms with Crippen molar-refractivity contribution in [2.45, 2.75) is 6.10 Å². The molecule has 0 aromatic heterocycles. The van der Waals surface area contributed by atoms with Crippen LogP contribution in [0.3, 0.4) is 0 Å². The van der Waals surface area contributed by atoms with Gasteiger partial charge in [-0.2, -0.15) is 0 Å². The number of rotatable bonds is 3. The van der Waals surface area contributed by atoms with Crippen molar-refractivity contribution in [3.8, 4) is 0 Å². The molecule has 104 valence electrons. The Morgan fingerprint density at radius 1 is 1.63 bits per heavy atom. The molecule has 1 fully saturated rings. The molecule has 0 bridgehead atoms. The van der Waals surface area contributed by atoms with Crippen LogP contribution in [-0.4, -0.2) is 48.3 Å². The molecule has 2 rings (SSSR count). The maximum absolute atomic E-state index is 13.5. The average Bonchev–Trinajstić information content (AvgIpc) is 2.46. The summed E-state index contributed by atoms with van der Waals surface area (Å²) in [6, 6.07) is 4.18. The van der Waals surface area contributed by atoms with E-state index in [2.05, 4.69) is 5.43 Å². The molecule has 1 saturated heterocycles. The number of amides is 1. The molecule has 1 aliphatic rings. The number of benzene rings is 1. The molecule has 0 spiro atoms. The number of nitrogens with one attached hydrogen (secondary N) is 1. The SMILES string of the molecule is NNc1c(F)cccc1C(=O)N1CCOC(CO)C1. The van der Waals surface area contributed by atoms with Gasteiger partial charge < -0.3 is 20.2 Å². The largest absolute Gasteiger partial charge is 0.394 e. The Balaban J connectivity index is 2.22. The Morgan fingerprint density at radius 2 is 2.42 bits per heavy atom. The molecule has 7 heteroatoms. The summed E-state index contributed by atoms with van der Waals surface area (Å²) in [7, 11) is 0. The number of morpholine rings is 1. The predicted molar refractivity (Wildman–Crippen MR) is 66.9 cm³/mol. The number of hydrazine groups is 1. The van der Waals surface area contributed by atoms with Crippen molar-refractivity contribution in [1.82, 2.24) is 4.90 Å². The lowest BCUT2D eigenvalue weighted by Gasteiger charge is -2.32. The molecule has 1 heterocycles. The first-order valence-electron chi connectivity index (χ1n) is 5.94. The lowest BCUT2D eigenvalue weighted by molar-refractivity contribution is -0.0447. The van der Waals surface area contributed by atoms with Crippen molar-refractivity contribution >= 4 is 11.6 Å². The van der Waals surface area contributed by atoms with Gasteiger partial charge in [0.1, 0.15) is 5.82 Å². The van der Waals surface area contributed by atoms with E-state index in [1.807, 2.05) is 0 Å². The third kappa shape index (κ3) is 2.83. The van der Waals surface area contributed by atoms with E-state index in [0.717, 1.165) is 0 Å². The van der Waals surface area contributed by atoms with E-state index in [-0.39, 0.29) is 30.3 Å². The van der Waals surface area contributed by atoms with Crippen molar-refractivity contribution in [3.63, 3.8) is 0 Å². The van der Waals surface area contributed by atoms with Crippen LogP contribution in [0.4, 0.5) is 10.1 Å². The summed E-state index contributed by atoms with van der Waals surface area (Å²) < 4.78 is 18.8. The molecule has 4 N–H and O–H groups in total. The van der Waals surface area contributed by atoms with Gasteiger partial charge in [-0.25, -0.2) is 4.39 Å². The normalized spacial score (nSPS) is 19.3. The summed E-state index contributed by atoms with van der Waals surface area (Å²) in [6.07, 6.45) is -0.402. The number of halogens is 1. The Bertz CT molecular complexity index is 470. The summed E-state index contributed by atoms with van der Waals surface area (Å²) in [4.78, 5) is 13.8. The summed E-state index contributed by atoms with van der Waals surface area (Å²) in [5, 5.41) is 9.05. The topological polar surface area (TPSA) is 87.8 Å². The fraction of sp³-hybridized carbons (Fsp3) is 0.417. The monoisotopic (exact) mass is 269 g/mol. The van der Waals surface area contributed by atoms with Gasteiger partial charge in [0.2, 0.25) is 0 Å². The minimum Gasteiger partial charge on any atom is -0.394 e. The molecular formula is C12H16FN3O3. The van der Waals surface area contributed by atoms with Crippen molar-refractivity contribution in [2.75, 3.05) is 31.7 Å². The molecule has 1 atom stereocenters. The number of carbonyl (C=O) groups excluding carboxylic acids is 1. The number of ether oxygens (including phenoxy) is 1. The molecule has 19 heavy (non-hydrogen) atoms. The highest BCUT2D eigenvalue weighted by molar-refractivity contribution is 5.99. The number of nitrogens with two attached hydrogens (primary N) is 1. The van der Waals surface area contributed by atoms with Gasteiger partial charge in [-0.05, 0) is 12.1 Å². The number of aliphatic hydroxyl groups excluding tert-OH is 1. The van der Waals surface area contributed by atoms with Crippen LogP contribution in [0.2, 0.25) is 0 Å². The molecule has 1 unspecified atom stereocenters. The number of nitrogen functional groups attached to an aromatic ring is 1. The number of para-hydroxylation sites is 1. The van der Waals surface area contributed by atoms with Crippen LogP contribution in [0.25, 0.3) is 0 Å². The second-order valence-electron chi connectivity index (χ2n) is 4.23. The molecule has 0 saturated carbocycles. The van der Waals surface area contributed by atoms with E-state index in [9.17, 15) is 9.18 Å². The molecule has 1 aromatic rings. The van der Waals surface area contributed by atoms with Crippen LogP contribution in [0.1, 0.15) is 10.4 Å². The molecule has 1 aromatic carbocycles. The van der Waals surface area contributed by atoms with E-state index in [1.165, 1.54) is 23.1 Å². The number of nitrogens with zero attached hydrogens (tertiary/aromatic N) is 1. The van der Waals surface area contributed by atoms with Gasteiger partial charge in [0.25, 0.3) is 5.91 Å². The van der Waals surface area contributed by atoms with Crippen LogP contribution in [0.5, 0.6) is 0 Å². The van der Waals surface area contributed by atoms with Gasteiger partial charge in [0, 0.05) is 13.1 Å². The molecule has 0 aliphatic carbocycles. The van der Waals surface area contributed by atoms with Crippen LogP contribution in [0, 0.1) is 5.82 Å². The van der Waals surface area contributed by atoms with Gasteiger partial charge in [-0.3, -0.25) is 10.6 Å². The summed E-state index contributed by atoms with van der Waals surface area (Å²) in [5.74, 6) is 4.33. The third-order valence-corrected chi connectivity index (χ3v) is 3.02. The fourth-order valence-electron chi connectivity index (χ4n) is 2.03. The van der Waals surface area contributed by atoms with E-state index in [0.29, 0.717) is 13.2 Å². The van der Waals surface area contributed by atoms with Gasteiger partial charge in [0.15, 0.2) is 0 Å². The van der Waals surface area contributed by atoms with E-state index in [4.69, 9.17) is 15.7 Å². The zero-order chi connectivity index (χ0) is 13.8. The van der Waals surface area contributed by atoms with Gasteiger partial charge in [-0.15, -0.1) is 0 Å². The van der Waals surface area contributed by atoms with Crippen molar-refractivity contribution in [2.24, 2.45) is 5.84 Å². The molecule has 1 aliphatic heterocycles. The minimum absolute atomic E-state index is 0.0282. The average molecular weight is 269 g/mol. The fourth-order valence-corrected chi connectivity index (χ4v) is 2.03. The zero-order valence-corrected chi connectivity index (χ0v) is 10.3. The number of aliphatic hydroxyl groups is 1. The standard InChI is InChI=1S/C12H16FN3O3/c13-10-3-1-2-9(11(10)15-14)12(18)16-4-5-19-8(6-16)7-17/h1-3,8,15,17H,4-7,14H2. The number of hydrogen-bond acceptors (Lipinski definition) is 5. The first-order valence-corrected chi connectivity index (χ1v) is 5.94. The van der Waals surface area contributed by atoms with Crippen LogP contribution < -0.4 is 11.3 Å². The van der Waals surface area contributed by atoms with Crippen LogP contribution in [0.15, 0.2) is 18.2 Å². The zero-order valence-electron chi connectivity index (χ0n) is 10.3. The third-order valence-electron chi connectivity index (χ3n) is 3.02. The molecule has 6 nitrogen and oxygen atoms in total. The van der Waals surface area contributed by atoms with Gasteiger partial charge in [-0.1, -0.05) is 6.07 Å². The summed E-state index contributed by atoms with van der Waals surface area (Å²) in [5.41, 5.74) is 2.35. The van der Waals surface area contributed by atoms with Crippen molar-refractivity contribution in [1.29, 1.82) is 0 Å². The molecule has 1 amide bonds.